The molecule has 0 spiro atoms. The number of aromatic nitrogens is 1. The maximum absolute atomic E-state index is 12.8. The molecule has 0 radical (unpaired) electrons. The Bertz CT molecular complexity index is 1210. The van der Waals surface area contributed by atoms with Gasteiger partial charge >= 0.3 is 5.97 Å². The quantitative estimate of drug-likeness (QED) is 0.490. The Morgan fingerprint density at radius 3 is 2.50 bits per heavy atom. The first kappa shape index (κ1) is 22.0. The van der Waals surface area contributed by atoms with Crippen molar-refractivity contribution in [3.8, 4) is 5.75 Å². The van der Waals surface area contributed by atoms with Crippen molar-refractivity contribution in [2.75, 3.05) is 27.4 Å². The van der Waals surface area contributed by atoms with Crippen LogP contribution in [0.25, 0.3) is 10.2 Å². The van der Waals surface area contributed by atoms with Gasteiger partial charge in [-0.3, -0.25) is 0 Å². The average Bonchev–Trinajstić information content (AvgIpc) is 3.07. The molecule has 3 aromatic rings. The van der Waals surface area contributed by atoms with Crippen LogP contribution in [-0.2, 0) is 26.0 Å². The van der Waals surface area contributed by atoms with Crippen LogP contribution in [0.15, 0.2) is 51.8 Å². The van der Waals surface area contributed by atoms with Crippen molar-refractivity contribution in [1.82, 2.24) is 4.57 Å². The second-order valence-electron chi connectivity index (χ2n) is 6.17. The van der Waals surface area contributed by atoms with E-state index in [2.05, 4.69) is 4.40 Å². The van der Waals surface area contributed by atoms with Gasteiger partial charge in [0.05, 0.1) is 41.0 Å². The highest BCUT2D eigenvalue weighted by Gasteiger charge is 2.16. The van der Waals surface area contributed by atoms with Crippen LogP contribution in [0.2, 0.25) is 0 Å². The van der Waals surface area contributed by atoms with Crippen LogP contribution in [0.5, 0.6) is 5.75 Å². The molecule has 10 heteroatoms. The SMILES string of the molecule is CCOC(=O)c1ccc2c(c1)sc(=NS(=O)(=O)c1ccc(OC)cc1)n2CCOC. The predicted molar refractivity (Wildman–Crippen MR) is 113 cm³/mol. The van der Waals surface area contributed by atoms with Gasteiger partial charge in [-0.1, -0.05) is 11.3 Å². The monoisotopic (exact) mass is 450 g/mol. The summed E-state index contributed by atoms with van der Waals surface area (Å²) in [6, 6.07) is 11.1. The average molecular weight is 451 g/mol. The molecule has 8 nitrogen and oxygen atoms in total. The Labute approximate surface area is 178 Å². The normalized spacial score (nSPS) is 12.3. The van der Waals surface area contributed by atoms with Crippen molar-refractivity contribution in [2.24, 2.45) is 4.40 Å². The van der Waals surface area contributed by atoms with E-state index in [9.17, 15) is 13.2 Å². The van der Waals surface area contributed by atoms with E-state index in [0.29, 0.717) is 29.3 Å². The molecule has 0 aliphatic heterocycles. The van der Waals surface area contributed by atoms with E-state index in [1.54, 1.807) is 48.9 Å². The lowest BCUT2D eigenvalue weighted by molar-refractivity contribution is 0.0526. The van der Waals surface area contributed by atoms with Gasteiger partial charge in [0.25, 0.3) is 10.0 Å². The van der Waals surface area contributed by atoms with Crippen LogP contribution in [0.4, 0.5) is 0 Å². The molecule has 160 valence electrons. The minimum Gasteiger partial charge on any atom is -0.497 e. The van der Waals surface area contributed by atoms with Crippen molar-refractivity contribution >= 4 is 37.5 Å². The third kappa shape index (κ3) is 4.72. The van der Waals surface area contributed by atoms with E-state index in [-0.39, 0.29) is 11.5 Å². The molecule has 1 aromatic heterocycles. The number of hydrogen-bond donors (Lipinski definition) is 0. The molecule has 2 aromatic carbocycles. The maximum atomic E-state index is 12.8. The van der Waals surface area contributed by atoms with Crippen LogP contribution >= 0.6 is 11.3 Å². The fourth-order valence-electron chi connectivity index (χ4n) is 2.79. The number of rotatable bonds is 8. The van der Waals surface area contributed by atoms with E-state index in [4.69, 9.17) is 14.2 Å². The Morgan fingerprint density at radius 1 is 1.13 bits per heavy atom. The second kappa shape index (κ2) is 9.41. The summed E-state index contributed by atoms with van der Waals surface area (Å²) in [6.07, 6.45) is 0. The van der Waals surface area contributed by atoms with Crippen molar-refractivity contribution < 1.29 is 27.4 Å². The molecular weight excluding hydrogens is 428 g/mol. The van der Waals surface area contributed by atoms with Gasteiger partial charge in [0.15, 0.2) is 0 Å². The van der Waals surface area contributed by atoms with E-state index < -0.39 is 16.0 Å². The van der Waals surface area contributed by atoms with Crippen LogP contribution in [-0.4, -0.2) is 46.4 Å². The molecule has 0 fully saturated rings. The highest BCUT2D eigenvalue weighted by molar-refractivity contribution is 7.90. The standard InChI is InChI=1S/C20H22N2O6S2/c1-4-28-19(23)14-5-10-17-18(13-14)29-20(22(17)11-12-26-2)21-30(24,25)16-8-6-15(27-3)7-9-16/h5-10,13H,4,11-12H2,1-3H3. The van der Waals surface area contributed by atoms with Gasteiger partial charge in [0.1, 0.15) is 5.75 Å². The Morgan fingerprint density at radius 2 is 1.87 bits per heavy atom. The van der Waals surface area contributed by atoms with Crippen LogP contribution in [0.1, 0.15) is 17.3 Å². The second-order valence-corrected chi connectivity index (χ2v) is 8.79. The summed E-state index contributed by atoms with van der Waals surface area (Å²) in [5, 5.41) is 0. The summed E-state index contributed by atoms with van der Waals surface area (Å²) >= 11 is 1.18. The molecule has 0 unspecified atom stereocenters. The highest BCUT2D eigenvalue weighted by Crippen LogP contribution is 2.22. The van der Waals surface area contributed by atoms with Gasteiger partial charge in [-0.05, 0) is 49.4 Å². The van der Waals surface area contributed by atoms with Crippen LogP contribution in [0, 0.1) is 0 Å². The van der Waals surface area contributed by atoms with Crippen molar-refractivity contribution in [1.29, 1.82) is 0 Å². The molecule has 30 heavy (non-hydrogen) atoms. The fraction of sp³-hybridized carbons (Fsp3) is 0.300. The van der Waals surface area contributed by atoms with Crippen molar-refractivity contribution in [3.05, 3.63) is 52.8 Å². The Balaban J connectivity index is 2.13. The largest absolute Gasteiger partial charge is 0.497 e. The number of esters is 1. The van der Waals surface area contributed by atoms with Gasteiger partial charge in [0.2, 0.25) is 4.80 Å². The summed E-state index contributed by atoms with van der Waals surface area (Å²) in [4.78, 5) is 12.4. The molecule has 3 rings (SSSR count). The van der Waals surface area contributed by atoms with E-state index in [1.807, 2.05) is 0 Å². The first-order valence-corrected chi connectivity index (χ1v) is 11.4. The lowest BCUT2D eigenvalue weighted by Gasteiger charge is -2.06. The summed E-state index contributed by atoms with van der Waals surface area (Å²) in [6.45, 7) is 2.80. The topological polar surface area (TPSA) is 96.2 Å². The number of sulfonamides is 1. The number of methoxy groups -OCH3 is 2. The van der Waals surface area contributed by atoms with Gasteiger partial charge in [-0.2, -0.15) is 8.42 Å². The number of carbonyl (C=O) groups is 1. The first-order chi connectivity index (χ1) is 14.4. The number of benzene rings is 2. The zero-order chi connectivity index (χ0) is 21.7. The first-order valence-electron chi connectivity index (χ1n) is 9.14. The van der Waals surface area contributed by atoms with Gasteiger partial charge in [-0.25, -0.2) is 4.79 Å². The van der Waals surface area contributed by atoms with E-state index in [0.717, 1.165) is 10.2 Å². The summed E-state index contributed by atoms with van der Waals surface area (Å²) in [5.74, 6) is 0.123. The molecule has 0 aliphatic rings. The molecule has 0 bridgehead atoms. The number of thiazole rings is 1. The lowest BCUT2D eigenvalue weighted by atomic mass is 10.2. The minimum atomic E-state index is -3.94. The molecule has 0 saturated carbocycles. The van der Waals surface area contributed by atoms with Crippen LogP contribution in [0.3, 0.4) is 0 Å². The third-order valence-electron chi connectivity index (χ3n) is 4.27. The van der Waals surface area contributed by atoms with Gasteiger partial charge in [-0.15, -0.1) is 4.40 Å². The molecule has 0 atom stereocenters. The van der Waals surface area contributed by atoms with Gasteiger partial charge in [0, 0.05) is 13.7 Å². The fourth-order valence-corrected chi connectivity index (χ4v) is 5.08. The van der Waals surface area contributed by atoms with Crippen molar-refractivity contribution in [2.45, 2.75) is 18.4 Å². The number of carbonyl (C=O) groups excluding carboxylic acids is 1. The summed E-state index contributed by atoms with van der Waals surface area (Å²) < 4.78 is 47.5. The molecule has 0 aliphatic carbocycles. The predicted octanol–water partition coefficient (Wildman–Crippen LogP) is 2.82. The Kier molecular flexibility index (Phi) is 6.91. The van der Waals surface area contributed by atoms with E-state index >= 15 is 0 Å². The zero-order valence-electron chi connectivity index (χ0n) is 16.8. The smallest absolute Gasteiger partial charge is 0.338 e. The molecule has 0 saturated heterocycles. The zero-order valence-corrected chi connectivity index (χ0v) is 18.5. The number of hydrogen-bond acceptors (Lipinski definition) is 7. The highest BCUT2D eigenvalue weighted by atomic mass is 32.2. The molecule has 0 N–H and O–H groups in total. The van der Waals surface area contributed by atoms with Gasteiger partial charge < -0.3 is 18.8 Å². The third-order valence-corrected chi connectivity index (χ3v) is 6.71. The molecule has 1 heterocycles. The number of nitrogens with zero attached hydrogens (tertiary/aromatic N) is 2. The minimum absolute atomic E-state index is 0.0614. The summed E-state index contributed by atoms with van der Waals surface area (Å²) in [7, 11) is -0.865. The number of fused-ring (bicyclic) bond motifs is 1. The summed E-state index contributed by atoms with van der Waals surface area (Å²) in [5.41, 5.74) is 1.16. The van der Waals surface area contributed by atoms with Crippen LogP contribution < -0.4 is 9.54 Å². The van der Waals surface area contributed by atoms with Crippen molar-refractivity contribution in [3.63, 3.8) is 0 Å². The molecular formula is C20H22N2O6S2. The maximum Gasteiger partial charge on any atom is 0.338 e. The molecule has 0 amide bonds. The lowest BCUT2D eigenvalue weighted by Crippen LogP contribution is -2.19. The van der Waals surface area contributed by atoms with E-state index in [1.165, 1.54) is 30.6 Å². The number of ether oxygens (including phenoxy) is 3. The Hall–Kier alpha value is -2.69.